The molecule has 0 radical (unpaired) electrons. The molecule has 1 saturated heterocycles. The van der Waals surface area contributed by atoms with Crippen LogP contribution < -0.4 is 4.74 Å². The number of benzene rings is 1. The number of amides is 1. The van der Waals surface area contributed by atoms with Crippen LogP contribution in [0.5, 0.6) is 5.75 Å². The topological polar surface area (TPSA) is 51.1 Å². The number of amidine groups is 1. The third kappa shape index (κ3) is 5.09. The Morgan fingerprint density at radius 1 is 1.24 bits per heavy atom. The molecule has 0 aliphatic carbocycles. The van der Waals surface area contributed by atoms with E-state index < -0.39 is 0 Å². The zero-order chi connectivity index (χ0) is 17.5. The SMILES string of the molecule is CCCCCOc1ccc(/C=C2\SC(N3CCOCC3)=NC2=O)cc1. The summed E-state index contributed by atoms with van der Waals surface area (Å²) in [6, 6.07) is 7.85. The number of hydrogen-bond donors (Lipinski definition) is 0. The fourth-order valence-electron chi connectivity index (χ4n) is 2.64. The Hall–Kier alpha value is -1.79. The smallest absolute Gasteiger partial charge is 0.286 e. The maximum Gasteiger partial charge on any atom is 0.286 e. The number of morpholine rings is 1. The zero-order valence-corrected chi connectivity index (χ0v) is 15.4. The van der Waals surface area contributed by atoms with E-state index in [2.05, 4.69) is 16.8 Å². The molecule has 1 amide bonds. The third-order valence-corrected chi connectivity index (χ3v) is 5.13. The summed E-state index contributed by atoms with van der Waals surface area (Å²) in [5, 5.41) is 0.787. The molecule has 2 aliphatic rings. The summed E-state index contributed by atoms with van der Waals surface area (Å²) in [6.07, 6.45) is 5.35. The van der Waals surface area contributed by atoms with Crippen molar-refractivity contribution in [3.05, 3.63) is 34.7 Å². The Morgan fingerprint density at radius 3 is 2.72 bits per heavy atom. The van der Waals surface area contributed by atoms with Gasteiger partial charge in [-0.05, 0) is 42.0 Å². The lowest BCUT2D eigenvalue weighted by molar-refractivity contribution is -0.113. The first-order valence-electron chi connectivity index (χ1n) is 8.84. The highest BCUT2D eigenvalue weighted by molar-refractivity contribution is 8.18. The molecule has 0 bridgehead atoms. The molecule has 0 spiro atoms. The minimum atomic E-state index is -0.161. The van der Waals surface area contributed by atoms with E-state index in [1.807, 2.05) is 30.3 Å². The van der Waals surface area contributed by atoms with Crippen LogP contribution in [-0.2, 0) is 9.53 Å². The van der Waals surface area contributed by atoms with Crippen molar-refractivity contribution in [2.45, 2.75) is 26.2 Å². The van der Waals surface area contributed by atoms with Crippen molar-refractivity contribution in [2.24, 2.45) is 4.99 Å². The van der Waals surface area contributed by atoms with E-state index in [0.717, 1.165) is 42.6 Å². The highest BCUT2D eigenvalue weighted by Crippen LogP contribution is 2.30. The molecule has 0 atom stereocenters. The molecule has 0 unspecified atom stereocenters. The fourth-order valence-corrected chi connectivity index (χ4v) is 3.61. The molecule has 3 rings (SSSR count). The average molecular weight is 360 g/mol. The molecule has 1 aromatic rings. The van der Waals surface area contributed by atoms with Crippen molar-refractivity contribution in [3.8, 4) is 5.75 Å². The van der Waals surface area contributed by atoms with Gasteiger partial charge in [0.25, 0.3) is 5.91 Å². The van der Waals surface area contributed by atoms with Crippen molar-refractivity contribution < 1.29 is 14.3 Å². The maximum absolute atomic E-state index is 12.1. The van der Waals surface area contributed by atoms with Crippen LogP contribution in [0.4, 0.5) is 0 Å². The largest absolute Gasteiger partial charge is 0.494 e. The van der Waals surface area contributed by atoms with E-state index >= 15 is 0 Å². The van der Waals surface area contributed by atoms with Gasteiger partial charge in [-0.1, -0.05) is 31.9 Å². The van der Waals surface area contributed by atoms with Crippen LogP contribution in [0.15, 0.2) is 34.2 Å². The van der Waals surface area contributed by atoms with Gasteiger partial charge in [-0.2, -0.15) is 4.99 Å². The number of aliphatic imine (C=N–C) groups is 1. The Bertz CT molecular complexity index is 649. The highest BCUT2D eigenvalue weighted by atomic mass is 32.2. The lowest BCUT2D eigenvalue weighted by atomic mass is 10.2. The Labute approximate surface area is 153 Å². The first kappa shape index (κ1) is 18.0. The van der Waals surface area contributed by atoms with Crippen molar-refractivity contribution in [1.29, 1.82) is 0 Å². The molecule has 6 heteroatoms. The number of carbonyl (C=O) groups is 1. The van der Waals surface area contributed by atoms with Gasteiger partial charge in [0.15, 0.2) is 5.17 Å². The minimum Gasteiger partial charge on any atom is -0.494 e. The van der Waals surface area contributed by atoms with Gasteiger partial charge in [0.1, 0.15) is 5.75 Å². The number of thioether (sulfide) groups is 1. The summed E-state index contributed by atoms with van der Waals surface area (Å²) >= 11 is 1.44. The van der Waals surface area contributed by atoms with E-state index in [4.69, 9.17) is 9.47 Å². The number of carbonyl (C=O) groups excluding carboxylic acids is 1. The molecule has 0 N–H and O–H groups in total. The molecule has 0 saturated carbocycles. The average Bonchev–Trinajstić information content (AvgIpc) is 3.01. The van der Waals surface area contributed by atoms with Crippen LogP contribution in [0, 0.1) is 0 Å². The highest BCUT2D eigenvalue weighted by Gasteiger charge is 2.27. The van der Waals surface area contributed by atoms with Crippen LogP contribution in [0.1, 0.15) is 31.7 Å². The predicted octanol–water partition coefficient (Wildman–Crippen LogP) is 3.56. The second-order valence-corrected chi connectivity index (χ2v) is 7.04. The summed E-state index contributed by atoms with van der Waals surface area (Å²) < 4.78 is 11.1. The van der Waals surface area contributed by atoms with Crippen molar-refractivity contribution in [3.63, 3.8) is 0 Å². The lowest BCUT2D eigenvalue weighted by Gasteiger charge is -2.27. The Balaban J connectivity index is 1.57. The second kappa shape index (κ2) is 9.06. The summed E-state index contributed by atoms with van der Waals surface area (Å²) in [5.41, 5.74) is 0.982. The second-order valence-electron chi connectivity index (χ2n) is 6.03. The van der Waals surface area contributed by atoms with Crippen molar-refractivity contribution >= 4 is 28.9 Å². The molecule has 25 heavy (non-hydrogen) atoms. The lowest BCUT2D eigenvalue weighted by Crippen LogP contribution is -2.38. The van der Waals surface area contributed by atoms with Gasteiger partial charge in [0.2, 0.25) is 0 Å². The van der Waals surface area contributed by atoms with Gasteiger partial charge in [0, 0.05) is 13.1 Å². The van der Waals surface area contributed by atoms with Gasteiger partial charge < -0.3 is 14.4 Å². The monoisotopic (exact) mass is 360 g/mol. The number of hydrogen-bond acceptors (Lipinski definition) is 5. The van der Waals surface area contributed by atoms with Crippen LogP contribution in [0.3, 0.4) is 0 Å². The Morgan fingerprint density at radius 2 is 2.00 bits per heavy atom. The first-order valence-corrected chi connectivity index (χ1v) is 9.66. The standard InChI is InChI=1S/C19H24N2O3S/c1-2-3-4-11-24-16-7-5-15(6-8-16)14-17-18(22)20-19(25-17)21-9-12-23-13-10-21/h5-8,14H,2-4,9-13H2,1H3/b17-14-. The number of ether oxygens (including phenoxy) is 2. The molecule has 0 aromatic heterocycles. The van der Waals surface area contributed by atoms with Crippen LogP contribution in [0.2, 0.25) is 0 Å². The maximum atomic E-state index is 12.1. The molecule has 1 aromatic carbocycles. The minimum absolute atomic E-state index is 0.161. The summed E-state index contributed by atoms with van der Waals surface area (Å²) in [6.45, 7) is 5.88. The summed E-state index contributed by atoms with van der Waals surface area (Å²) in [5.74, 6) is 0.709. The van der Waals surface area contributed by atoms with Gasteiger partial charge in [-0.3, -0.25) is 4.79 Å². The van der Waals surface area contributed by atoms with Gasteiger partial charge >= 0.3 is 0 Å². The molecule has 1 fully saturated rings. The van der Waals surface area contributed by atoms with Crippen molar-refractivity contribution in [2.75, 3.05) is 32.9 Å². The van der Waals surface area contributed by atoms with Crippen LogP contribution >= 0.6 is 11.8 Å². The van der Waals surface area contributed by atoms with E-state index in [1.54, 1.807) is 0 Å². The van der Waals surface area contributed by atoms with Crippen LogP contribution in [0.25, 0.3) is 6.08 Å². The number of rotatable bonds is 6. The van der Waals surface area contributed by atoms with Gasteiger partial charge in [0.05, 0.1) is 24.7 Å². The van der Waals surface area contributed by atoms with Crippen molar-refractivity contribution in [1.82, 2.24) is 4.90 Å². The summed E-state index contributed by atoms with van der Waals surface area (Å²) in [7, 11) is 0. The van der Waals surface area contributed by atoms with Gasteiger partial charge in [-0.15, -0.1) is 0 Å². The zero-order valence-electron chi connectivity index (χ0n) is 14.6. The fraction of sp³-hybridized carbons (Fsp3) is 0.474. The third-order valence-electron chi connectivity index (χ3n) is 4.09. The Kier molecular flexibility index (Phi) is 6.53. The molecular formula is C19H24N2O3S. The van der Waals surface area contributed by atoms with E-state index in [-0.39, 0.29) is 5.91 Å². The van der Waals surface area contributed by atoms with E-state index in [0.29, 0.717) is 18.1 Å². The molecule has 2 heterocycles. The first-order chi connectivity index (χ1) is 12.3. The normalized spacial score (nSPS) is 19.4. The van der Waals surface area contributed by atoms with Gasteiger partial charge in [-0.25, -0.2) is 0 Å². The quantitative estimate of drug-likeness (QED) is 0.573. The predicted molar refractivity (Wildman–Crippen MR) is 102 cm³/mol. The molecule has 2 aliphatic heterocycles. The summed E-state index contributed by atoms with van der Waals surface area (Å²) in [4.78, 5) is 19.1. The number of unbranched alkanes of at least 4 members (excludes halogenated alkanes) is 2. The molecule has 134 valence electrons. The van der Waals surface area contributed by atoms with Crippen LogP contribution in [-0.4, -0.2) is 48.9 Å². The molecule has 5 nitrogen and oxygen atoms in total. The molecular weight excluding hydrogens is 336 g/mol. The van der Waals surface area contributed by atoms with E-state index in [9.17, 15) is 4.79 Å². The van der Waals surface area contributed by atoms with E-state index in [1.165, 1.54) is 24.6 Å². The number of nitrogens with zero attached hydrogens (tertiary/aromatic N) is 2.